The lowest BCUT2D eigenvalue weighted by atomic mass is 10.3. The Bertz CT molecular complexity index is 1060. The monoisotopic (exact) mass is 401 g/mol. The predicted octanol–water partition coefficient (Wildman–Crippen LogP) is 2.68. The molecule has 3 rings (SSSR count). The minimum Gasteiger partial charge on any atom is -0.497 e. The summed E-state index contributed by atoms with van der Waals surface area (Å²) in [7, 11) is 1.59. The zero-order chi connectivity index (χ0) is 20.3. The number of nitrogens with one attached hydrogen (secondary N) is 1. The van der Waals surface area contributed by atoms with Crippen molar-refractivity contribution in [2.75, 3.05) is 18.2 Å². The Morgan fingerprint density at radius 1 is 1.21 bits per heavy atom. The van der Waals surface area contributed by atoms with E-state index in [1.807, 2.05) is 20.8 Å². The number of ether oxygens (including phenoxy) is 1. The molecule has 8 nitrogen and oxygen atoms in total. The average molecular weight is 401 g/mol. The van der Waals surface area contributed by atoms with Crippen LogP contribution in [0.25, 0.3) is 11.0 Å². The molecule has 0 bridgehead atoms. The number of benzene rings is 1. The van der Waals surface area contributed by atoms with Crippen LogP contribution in [0.2, 0.25) is 0 Å². The fraction of sp³-hybridized carbons (Fsp3) is 0.368. The number of hydrogen-bond acceptors (Lipinski definition) is 6. The quantitative estimate of drug-likeness (QED) is 0.483. The van der Waals surface area contributed by atoms with Crippen LogP contribution in [0.5, 0.6) is 5.75 Å². The normalized spacial score (nSPS) is 11.0. The summed E-state index contributed by atoms with van der Waals surface area (Å²) in [6.45, 7) is 6.73. The Labute approximate surface area is 166 Å². The van der Waals surface area contributed by atoms with Gasteiger partial charge in [0.1, 0.15) is 11.3 Å². The van der Waals surface area contributed by atoms with E-state index in [0.29, 0.717) is 40.7 Å². The van der Waals surface area contributed by atoms with E-state index >= 15 is 0 Å². The number of hydrogen-bond donors (Lipinski definition) is 1. The van der Waals surface area contributed by atoms with E-state index in [1.54, 1.807) is 40.6 Å². The standard InChI is InChI=1S/C19H23N5O3S/c1-5-23-18(26)17-16(12(3)22-24(17)6-2)21-19(23)28-11-15(25)20-13-7-9-14(27-4)10-8-13/h7-10H,5-6,11H2,1-4H3,(H,20,25). The molecule has 1 amide bonds. The van der Waals surface area contributed by atoms with Crippen LogP contribution in [0.3, 0.4) is 0 Å². The fourth-order valence-electron chi connectivity index (χ4n) is 2.91. The van der Waals surface area contributed by atoms with Gasteiger partial charge in [-0.3, -0.25) is 18.8 Å². The Balaban J connectivity index is 1.80. The van der Waals surface area contributed by atoms with Crippen molar-refractivity contribution in [3.63, 3.8) is 0 Å². The number of amides is 1. The first kappa shape index (κ1) is 19.9. The third-order valence-electron chi connectivity index (χ3n) is 4.30. The number of carbonyl (C=O) groups is 1. The highest BCUT2D eigenvalue weighted by Gasteiger charge is 2.18. The second kappa shape index (κ2) is 8.47. The fourth-order valence-corrected chi connectivity index (χ4v) is 3.76. The number of methoxy groups -OCH3 is 1. The van der Waals surface area contributed by atoms with E-state index in [4.69, 9.17) is 4.74 Å². The molecule has 9 heteroatoms. The van der Waals surface area contributed by atoms with Crippen molar-refractivity contribution in [2.45, 2.75) is 39.0 Å². The van der Waals surface area contributed by atoms with Gasteiger partial charge in [-0.05, 0) is 45.0 Å². The second-order valence-electron chi connectivity index (χ2n) is 6.11. The van der Waals surface area contributed by atoms with E-state index in [2.05, 4.69) is 15.4 Å². The maximum absolute atomic E-state index is 12.9. The van der Waals surface area contributed by atoms with Crippen molar-refractivity contribution in [2.24, 2.45) is 0 Å². The first-order valence-electron chi connectivity index (χ1n) is 9.03. The molecule has 0 saturated carbocycles. The van der Waals surface area contributed by atoms with Gasteiger partial charge in [0.15, 0.2) is 10.7 Å². The van der Waals surface area contributed by atoms with Gasteiger partial charge in [0.25, 0.3) is 5.56 Å². The van der Waals surface area contributed by atoms with Gasteiger partial charge < -0.3 is 10.1 Å². The van der Waals surface area contributed by atoms with Crippen molar-refractivity contribution in [3.05, 3.63) is 40.3 Å². The molecule has 0 unspecified atom stereocenters. The molecule has 2 aromatic heterocycles. The van der Waals surface area contributed by atoms with Gasteiger partial charge in [-0.2, -0.15) is 5.10 Å². The molecule has 1 aromatic carbocycles. The molecular weight excluding hydrogens is 378 g/mol. The topological polar surface area (TPSA) is 91.0 Å². The van der Waals surface area contributed by atoms with E-state index < -0.39 is 0 Å². The summed E-state index contributed by atoms with van der Waals surface area (Å²) >= 11 is 1.24. The lowest BCUT2D eigenvalue weighted by molar-refractivity contribution is -0.113. The number of thioether (sulfide) groups is 1. The summed E-state index contributed by atoms with van der Waals surface area (Å²) in [6.07, 6.45) is 0. The van der Waals surface area contributed by atoms with Crippen LogP contribution in [-0.4, -0.2) is 38.1 Å². The van der Waals surface area contributed by atoms with E-state index in [1.165, 1.54) is 11.8 Å². The Kier molecular flexibility index (Phi) is 6.03. The van der Waals surface area contributed by atoms with Crippen LogP contribution in [-0.2, 0) is 17.9 Å². The number of fused-ring (bicyclic) bond motifs is 1. The first-order chi connectivity index (χ1) is 13.5. The minimum atomic E-state index is -0.173. The van der Waals surface area contributed by atoms with Crippen LogP contribution < -0.4 is 15.6 Å². The smallest absolute Gasteiger partial charge is 0.280 e. The van der Waals surface area contributed by atoms with Gasteiger partial charge in [0, 0.05) is 18.8 Å². The predicted molar refractivity (Wildman–Crippen MR) is 110 cm³/mol. The maximum atomic E-state index is 12.9. The molecular formula is C19H23N5O3S. The van der Waals surface area contributed by atoms with Crippen molar-refractivity contribution >= 4 is 34.4 Å². The molecule has 0 saturated heterocycles. The first-order valence-corrected chi connectivity index (χ1v) is 10.0. The van der Waals surface area contributed by atoms with Crippen LogP contribution in [0.4, 0.5) is 5.69 Å². The highest BCUT2D eigenvalue weighted by Crippen LogP contribution is 2.21. The van der Waals surface area contributed by atoms with Gasteiger partial charge in [-0.15, -0.1) is 0 Å². The largest absolute Gasteiger partial charge is 0.497 e. The highest BCUT2D eigenvalue weighted by atomic mass is 32.2. The molecule has 3 aromatic rings. The van der Waals surface area contributed by atoms with Crippen LogP contribution in [0.1, 0.15) is 19.5 Å². The summed E-state index contributed by atoms with van der Waals surface area (Å²) < 4.78 is 8.37. The molecule has 0 fully saturated rings. The number of aromatic nitrogens is 4. The third-order valence-corrected chi connectivity index (χ3v) is 5.28. The minimum absolute atomic E-state index is 0.131. The summed E-state index contributed by atoms with van der Waals surface area (Å²) in [5.74, 6) is 0.693. The number of carbonyl (C=O) groups excluding carboxylic acids is 1. The molecule has 1 N–H and O–H groups in total. The molecule has 0 aliphatic rings. The molecule has 0 aliphatic carbocycles. The summed E-state index contributed by atoms with van der Waals surface area (Å²) in [6, 6.07) is 7.11. The molecule has 0 spiro atoms. The number of nitrogens with zero attached hydrogens (tertiary/aromatic N) is 4. The summed E-state index contributed by atoms with van der Waals surface area (Å²) in [5.41, 5.74) is 2.36. The van der Waals surface area contributed by atoms with Gasteiger partial charge in [-0.1, -0.05) is 11.8 Å². The molecule has 0 atom stereocenters. The third kappa shape index (κ3) is 3.89. The van der Waals surface area contributed by atoms with Crippen molar-refractivity contribution in [3.8, 4) is 5.75 Å². The van der Waals surface area contributed by atoms with Crippen LogP contribution in [0, 0.1) is 6.92 Å². The Hall–Kier alpha value is -2.81. The van der Waals surface area contributed by atoms with Gasteiger partial charge >= 0.3 is 0 Å². The molecule has 148 valence electrons. The molecule has 2 heterocycles. The lowest BCUT2D eigenvalue weighted by Gasteiger charge is -2.11. The van der Waals surface area contributed by atoms with E-state index in [9.17, 15) is 9.59 Å². The average Bonchev–Trinajstić information content (AvgIpc) is 3.03. The van der Waals surface area contributed by atoms with Crippen LogP contribution in [0.15, 0.2) is 34.2 Å². The number of rotatable bonds is 7. The van der Waals surface area contributed by atoms with E-state index in [-0.39, 0.29) is 17.2 Å². The van der Waals surface area contributed by atoms with Crippen LogP contribution >= 0.6 is 11.8 Å². The highest BCUT2D eigenvalue weighted by molar-refractivity contribution is 7.99. The van der Waals surface area contributed by atoms with E-state index in [0.717, 1.165) is 5.75 Å². The zero-order valence-electron chi connectivity index (χ0n) is 16.4. The maximum Gasteiger partial charge on any atom is 0.280 e. The summed E-state index contributed by atoms with van der Waals surface area (Å²) in [5, 5.41) is 7.74. The number of anilines is 1. The van der Waals surface area contributed by atoms with Crippen molar-refractivity contribution in [1.82, 2.24) is 19.3 Å². The zero-order valence-corrected chi connectivity index (χ0v) is 17.2. The SMILES string of the molecule is CCn1c(SCC(=O)Nc2ccc(OC)cc2)nc2c(C)nn(CC)c2c1=O. The van der Waals surface area contributed by atoms with Crippen molar-refractivity contribution < 1.29 is 9.53 Å². The Morgan fingerprint density at radius 2 is 1.93 bits per heavy atom. The second-order valence-corrected chi connectivity index (χ2v) is 7.05. The Morgan fingerprint density at radius 3 is 2.54 bits per heavy atom. The lowest BCUT2D eigenvalue weighted by Crippen LogP contribution is -2.25. The van der Waals surface area contributed by atoms with Gasteiger partial charge in [0.2, 0.25) is 5.91 Å². The summed E-state index contributed by atoms with van der Waals surface area (Å²) in [4.78, 5) is 29.8. The number of aryl methyl sites for hydroxylation is 2. The molecule has 0 aliphatic heterocycles. The molecule has 28 heavy (non-hydrogen) atoms. The van der Waals surface area contributed by atoms with Gasteiger partial charge in [-0.25, -0.2) is 4.98 Å². The molecule has 0 radical (unpaired) electrons. The van der Waals surface area contributed by atoms with Gasteiger partial charge in [0.05, 0.1) is 18.6 Å². The van der Waals surface area contributed by atoms with Crippen molar-refractivity contribution in [1.29, 1.82) is 0 Å².